The maximum absolute atomic E-state index is 14.2. The Bertz CT molecular complexity index is 955. The van der Waals surface area contributed by atoms with Gasteiger partial charge in [0.05, 0.1) is 11.4 Å². The Hall–Kier alpha value is -2.05. The molecule has 0 aliphatic rings. The standard InChI is InChI=1S/C18H15BrFN3S/c1-12(13-7-9-14(19)10-8-13)22-23-17(11-24-18(23)21-2)15-5-3-4-6-16(15)20/h3-11H,1-2H3. The fraction of sp³-hybridized carbons (Fsp3) is 0.111. The normalized spacial score (nSPS) is 12.7. The Morgan fingerprint density at radius 1 is 1.12 bits per heavy atom. The third-order valence-electron chi connectivity index (χ3n) is 3.54. The Labute approximate surface area is 152 Å². The van der Waals surface area contributed by atoms with E-state index >= 15 is 0 Å². The lowest BCUT2D eigenvalue weighted by Gasteiger charge is -2.07. The second-order valence-electron chi connectivity index (χ2n) is 5.11. The molecule has 0 spiro atoms. The zero-order chi connectivity index (χ0) is 17.1. The van der Waals surface area contributed by atoms with Gasteiger partial charge in [0.15, 0.2) is 0 Å². The van der Waals surface area contributed by atoms with Crippen LogP contribution in [0, 0.1) is 5.82 Å². The molecule has 1 heterocycles. The zero-order valence-electron chi connectivity index (χ0n) is 13.2. The van der Waals surface area contributed by atoms with E-state index in [0.717, 1.165) is 15.7 Å². The second kappa shape index (κ2) is 7.23. The molecule has 0 amide bonds. The van der Waals surface area contributed by atoms with E-state index in [2.05, 4.69) is 26.0 Å². The van der Waals surface area contributed by atoms with Crippen LogP contribution in [0.5, 0.6) is 0 Å². The number of thiazole rings is 1. The molecular weight excluding hydrogens is 389 g/mol. The van der Waals surface area contributed by atoms with Gasteiger partial charge in [-0.05, 0) is 36.8 Å². The molecule has 3 rings (SSSR count). The summed E-state index contributed by atoms with van der Waals surface area (Å²) in [5.41, 5.74) is 3.03. The van der Waals surface area contributed by atoms with Crippen molar-refractivity contribution in [1.29, 1.82) is 0 Å². The van der Waals surface area contributed by atoms with E-state index in [0.29, 0.717) is 16.1 Å². The molecular formula is C18H15BrFN3S. The van der Waals surface area contributed by atoms with Gasteiger partial charge < -0.3 is 0 Å². The molecule has 1 aromatic heterocycles. The maximum Gasteiger partial charge on any atom is 0.205 e. The van der Waals surface area contributed by atoms with Crippen LogP contribution in [0.3, 0.4) is 0 Å². The SMILES string of the molecule is CN=c1scc(-c2ccccc2F)n1N=C(C)c1ccc(Br)cc1. The number of hydrogen-bond acceptors (Lipinski definition) is 3. The fourth-order valence-electron chi connectivity index (χ4n) is 2.30. The largest absolute Gasteiger partial charge is 0.261 e. The van der Waals surface area contributed by atoms with Crippen molar-refractivity contribution in [2.24, 2.45) is 10.1 Å². The molecule has 3 aromatic rings. The van der Waals surface area contributed by atoms with Crippen LogP contribution < -0.4 is 4.80 Å². The second-order valence-corrected chi connectivity index (χ2v) is 6.86. The Morgan fingerprint density at radius 3 is 2.50 bits per heavy atom. The van der Waals surface area contributed by atoms with Gasteiger partial charge in [-0.2, -0.15) is 5.10 Å². The molecule has 0 radical (unpaired) electrons. The first-order valence-corrected chi connectivity index (χ1v) is 8.97. The molecule has 0 N–H and O–H groups in total. The molecule has 0 saturated heterocycles. The highest BCUT2D eigenvalue weighted by Gasteiger charge is 2.12. The minimum absolute atomic E-state index is 0.275. The van der Waals surface area contributed by atoms with Gasteiger partial charge in [0.1, 0.15) is 5.82 Å². The molecule has 0 fully saturated rings. The van der Waals surface area contributed by atoms with Crippen LogP contribution in [0.15, 0.2) is 68.5 Å². The van der Waals surface area contributed by atoms with Crippen molar-refractivity contribution in [3.63, 3.8) is 0 Å². The van der Waals surface area contributed by atoms with Gasteiger partial charge in [-0.1, -0.05) is 40.2 Å². The predicted molar refractivity (Wildman–Crippen MR) is 101 cm³/mol. The van der Waals surface area contributed by atoms with Gasteiger partial charge in [-0.25, -0.2) is 9.07 Å². The highest BCUT2D eigenvalue weighted by Crippen LogP contribution is 2.23. The lowest BCUT2D eigenvalue weighted by atomic mass is 10.1. The van der Waals surface area contributed by atoms with Crippen molar-refractivity contribution in [1.82, 2.24) is 4.68 Å². The molecule has 0 aliphatic heterocycles. The average molecular weight is 404 g/mol. The summed E-state index contributed by atoms with van der Waals surface area (Å²) in [5, 5.41) is 6.55. The first kappa shape index (κ1) is 16.8. The van der Waals surface area contributed by atoms with Crippen LogP contribution in [0.1, 0.15) is 12.5 Å². The van der Waals surface area contributed by atoms with Gasteiger partial charge in [-0.3, -0.25) is 4.99 Å². The molecule has 24 heavy (non-hydrogen) atoms. The van der Waals surface area contributed by atoms with Crippen molar-refractivity contribution < 1.29 is 4.39 Å². The molecule has 0 atom stereocenters. The molecule has 122 valence electrons. The minimum atomic E-state index is -0.275. The molecule has 0 saturated carbocycles. The Balaban J connectivity index is 2.14. The summed E-state index contributed by atoms with van der Waals surface area (Å²) in [6, 6.07) is 14.6. The number of nitrogens with zero attached hydrogens (tertiary/aromatic N) is 3. The van der Waals surface area contributed by atoms with E-state index in [4.69, 9.17) is 0 Å². The number of rotatable bonds is 3. The van der Waals surface area contributed by atoms with E-state index in [1.807, 2.05) is 42.6 Å². The molecule has 2 aromatic carbocycles. The molecule has 0 unspecified atom stereocenters. The number of aromatic nitrogens is 1. The van der Waals surface area contributed by atoms with E-state index in [1.54, 1.807) is 23.9 Å². The van der Waals surface area contributed by atoms with Crippen molar-refractivity contribution in [3.8, 4) is 11.3 Å². The quantitative estimate of drug-likeness (QED) is 0.555. The lowest BCUT2D eigenvalue weighted by molar-refractivity contribution is 0.629. The molecule has 6 heteroatoms. The van der Waals surface area contributed by atoms with Crippen LogP contribution in [-0.2, 0) is 0 Å². The van der Waals surface area contributed by atoms with Crippen LogP contribution in [0.25, 0.3) is 11.3 Å². The summed E-state index contributed by atoms with van der Waals surface area (Å²) >= 11 is 4.86. The Morgan fingerprint density at radius 2 is 1.83 bits per heavy atom. The van der Waals surface area contributed by atoms with E-state index < -0.39 is 0 Å². The van der Waals surface area contributed by atoms with Crippen LogP contribution in [0.2, 0.25) is 0 Å². The van der Waals surface area contributed by atoms with Crippen LogP contribution in [0.4, 0.5) is 4.39 Å². The van der Waals surface area contributed by atoms with Gasteiger partial charge in [0.2, 0.25) is 4.80 Å². The summed E-state index contributed by atoms with van der Waals surface area (Å²) < 4.78 is 16.9. The topological polar surface area (TPSA) is 29.6 Å². The number of halogens is 2. The summed E-state index contributed by atoms with van der Waals surface area (Å²) in [6.07, 6.45) is 0. The van der Waals surface area contributed by atoms with Crippen molar-refractivity contribution in [2.45, 2.75) is 6.92 Å². The summed E-state index contributed by atoms with van der Waals surface area (Å²) in [6.45, 7) is 1.93. The van der Waals surface area contributed by atoms with Gasteiger partial charge in [0, 0.05) is 22.5 Å². The van der Waals surface area contributed by atoms with Gasteiger partial charge >= 0.3 is 0 Å². The average Bonchev–Trinajstić information content (AvgIpc) is 2.98. The maximum atomic E-state index is 14.2. The number of hydrogen-bond donors (Lipinski definition) is 0. The third kappa shape index (κ3) is 3.39. The zero-order valence-corrected chi connectivity index (χ0v) is 15.6. The van der Waals surface area contributed by atoms with Gasteiger partial charge in [0.25, 0.3) is 0 Å². The van der Waals surface area contributed by atoms with E-state index in [-0.39, 0.29) is 5.82 Å². The van der Waals surface area contributed by atoms with Crippen molar-refractivity contribution in [2.75, 3.05) is 7.05 Å². The summed E-state index contributed by atoms with van der Waals surface area (Å²) in [5.74, 6) is -0.275. The number of benzene rings is 2. The van der Waals surface area contributed by atoms with Crippen molar-refractivity contribution >= 4 is 33.0 Å². The summed E-state index contributed by atoms with van der Waals surface area (Å²) in [7, 11) is 1.71. The molecule has 0 bridgehead atoms. The smallest absolute Gasteiger partial charge is 0.205 e. The lowest BCUT2D eigenvalue weighted by Crippen LogP contribution is -2.14. The van der Waals surface area contributed by atoms with E-state index in [1.165, 1.54) is 17.4 Å². The van der Waals surface area contributed by atoms with Gasteiger partial charge in [-0.15, -0.1) is 11.3 Å². The first-order valence-electron chi connectivity index (χ1n) is 7.30. The highest BCUT2D eigenvalue weighted by atomic mass is 79.9. The Kier molecular flexibility index (Phi) is 5.06. The monoisotopic (exact) mass is 403 g/mol. The third-order valence-corrected chi connectivity index (χ3v) is 4.97. The predicted octanol–water partition coefficient (Wildman–Crippen LogP) is 4.92. The van der Waals surface area contributed by atoms with Crippen LogP contribution in [-0.4, -0.2) is 17.4 Å². The molecule has 3 nitrogen and oxygen atoms in total. The summed E-state index contributed by atoms with van der Waals surface area (Å²) in [4.78, 5) is 4.96. The van der Waals surface area contributed by atoms with Crippen LogP contribution >= 0.6 is 27.3 Å². The highest BCUT2D eigenvalue weighted by molar-refractivity contribution is 9.10. The first-order chi connectivity index (χ1) is 11.6. The molecule has 0 aliphatic carbocycles. The fourth-order valence-corrected chi connectivity index (χ4v) is 3.35. The minimum Gasteiger partial charge on any atom is -0.261 e. The van der Waals surface area contributed by atoms with E-state index in [9.17, 15) is 4.39 Å². The van der Waals surface area contributed by atoms with Crippen molar-refractivity contribution in [3.05, 3.63) is 74.6 Å².